The Morgan fingerprint density at radius 2 is 1.29 bits per heavy atom. The quantitative estimate of drug-likeness (QED) is 0.776. The van der Waals surface area contributed by atoms with E-state index in [1.807, 2.05) is 38.1 Å². The number of ketones is 1. The van der Waals surface area contributed by atoms with Gasteiger partial charge in [0.25, 0.3) is 0 Å². The first-order chi connectivity index (χ1) is 9.90. The average Bonchev–Trinajstić information content (AvgIpc) is 2.51. The Labute approximate surface area is 126 Å². The molecule has 0 unspecified atom stereocenters. The number of ether oxygens (including phenoxy) is 1. The van der Waals surface area contributed by atoms with E-state index in [1.54, 1.807) is 7.11 Å². The maximum absolute atomic E-state index is 13.0. The van der Waals surface area contributed by atoms with Gasteiger partial charge in [0.1, 0.15) is 5.75 Å². The summed E-state index contributed by atoms with van der Waals surface area (Å²) in [6, 6.07) is 7.39. The van der Waals surface area contributed by atoms with Crippen molar-refractivity contribution in [2.45, 2.75) is 34.6 Å². The lowest BCUT2D eigenvalue weighted by atomic mass is 9.86. The Morgan fingerprint density at radius 1 is 0.810 bits per heavy atom. The predicted octanol–water partition coefficient (Wildman–Crippen LogP) is 4.47. The van der Waals surface area contributed by atoms with Gasteiger partial charge in [0, 0.05) is 5.56 Å². The maximum Gasteiger partial charge on any atom is 0.197 e. The lowest BCUT2D eigenvalue weighted by Crippen LogP contribution is -2.11. The Kier molecular flexibility index (Phi) is 4.17. The predicted molar refractivity (Wildman–Crippen MR) is 86.6 cm³/mol. The second-order valence-corrected chi connectivity index (χ2v) is 5.53. The van der Waals surface area contributed by atoms with Crippen molar-refractivity contribution in [3.05, 3.63) is 63.2 Å². The third-order valence-electron chi connectivity index (χ3n) is 4.58. The van der Waals surface area contributed by atoms with Crippen LogP contribution in [0.15, 0.2) is 24.3 Å². The second kappa shape index (κ2) is 5.72. The van der Waals surface area contributed by atoms with Crippen molar-refractivity contribution in [3.63, 3.8) is 0 Å². The van der Waals surface area contributed by atoms with E-state index in [9.17, 15) is 4.79 Å². The molecule has 0 heterocycles. The third-order valence-corrected chi connectivity index (χ3v) is 4.58. The standard InChI is InChI=1S/C19H22O2/c1-11-12(2)14(4)18(15(5)13(11)3)19(20)16-9-7-8-10-17(16)21-6/h7-10H,1-6H3. The molecule has 2 heteroatoms. The summed E-state index contributed by atoms with van der Waals surface area (Å²) in [4.78, 5) is 13.0. The first kappa shape index (κ1) is 15.3. The molecule has 2 nitrogen and oxygen atoms in total. The van der Waals surface area contributed by atoms with Crippen LogP contribution in [-0.4, -0.2) is 12.9 Å². The number of rotatable bonds is 3. The third kappa shape index (κ3) is 2.46. The molecule has 0 bridgehead atoms. The number of carbonyl (C=O) groups excluding carboxylic acids is 1. The van der Waals surface area contributed by atoms with Crippen LogP contribution in [0.4, 0.5) is 0 Å². The molecule has 0 aromatic heterocycles. The Bertz CT molecular complexity index is 683. The van der Waals surface area contributed by atoms with Crippen LogP contribution < -0.4 is 4.74 Å². The van der Waals surface area contributed by atoms with Crippen molar-refractivity contribution in [3.8, 4) is 5.75 Å². The summed E-state index contributed by atoms with van der Waals surface area (Å²) in [6.45, 7) is 10.3. The molecule has 0 atom stereocenters. The van der Waals surface area contributed by atoms with Crippen molar-refractivity contribution in [1.29, 1.82) is 0 Å². The highest BCUT2D eigenvalue weighted by Gasteiger charge is 2.21. The fourth-order valence-electron chi connectivity index (χ4n) is 2.81. The summed E-state index contributed by atoms with van der Waals surface area (Å²) < 4.78 is 5.33. The van der Waals surface area contributed by atoms with E-state index in [2.05, 4.69) is 20.8 Å². The van der Waals surface area contributed by atoms with E-state index in [4.69, 9.17) is 4.74 Å². The van der Waals surface area contributed by atoms with E-state index in [0.29, 0.717) is 11.3 Å². The molecule has 0 fully saturated rings. The van der Waals surface area contributed by atoms with Crippen molar-refractivity contribution in [2.75, 3.05) is 7.11 Å². The minimum absolute atomic E-state index is 0.0358. The zero-order valence-corrected chi connectivity index (χ0v) is 13.6. The Morgan fingerprint density at radius 3 is 1.81 bits per heavy atom. The Balaban J connectivity index is 2.70. The van der Waals surface area contributed by atoms with Gasteiger partial charge < -0.3 is 4.74 Å². The van der Waals surface area contributed by atoms with Crippen LogP contribution in [0, 0.1) is 34.6 Å². The summed E-state index contributed by atoms with van der Waals surface area (Å²) in [5, 5.41) is 0. The minimum Gasteiger partial charge on any atom is -0.496 e. The minimum atomic E-state index is 0.0358. The van der Waals surface area contributed by atoms with Gasteiger partial charge in [-0.15, -0.1) is 0 Å². The van der Waals surface area contributed by atoms with Crippen LogP contribution in [0.25, 0.3) is 0 Å². The van der Waals surface area contributed by atoms with Gasteiger partial charge in [-0.2, -0.15) is 0 Å². The van der Waals surface area contributed by atoms with Gasteiger partial charge in [0.05, 0.1) is 12.7 Å². The topological polar surface area (TPSA) is 26.3 Å². The van der Waals surface area contributed by atoms with Crippen LogP contribution in [0.5, 0.6) is 5.75 Å². The molecule has 2 aromatic rings. The number of hydrogen-bond donors (Lipinski definition) is 0. The number of benzene rings is 2. The molecule has 0 spiro atoms. The molecule has 0 aliphatic rings. The number of methoxy groups -OCH3 is 1. The zero-order valence-electron chi connectivity index (χ0n) is 13.6. The molecule has 0 saturated heterocycles. The molecule has 110 valence electrons. The fourth-order valence-corrected chi connectivity index (χ4v) is 2.81. The molecular formula is C19H22O2. The maximum atomic E-state index is 13.0. The zero-order chi connectivity index (χ0) is 15.7. The smallest absolute Gasteiger partial charge is 0.197 e. The molecule has 0 N–H and O–H groups in total. The van der Waals surface area contributed by atoms with Crippen LogP contribution in [-0.2, 0) is 0 Å². The van der Waals surface area contributed by atoms with E-state index in [1.165, 1.54) is 16.7 Å². The average molecular weight is 282 g/mol. The second-order valence-electron chi connectivity index (χ2n) is 5.53. The SMILES string of the molecule is COc1ccccc1C(=O)c1c(C)c(C)c(C)c(C)c1C. The molecule has 0 radical (unpaired) electrons. The lowest BCUT2D eigenvalue weighted by molar-refractivity contribution is 0.103. The molecular weight excluding hydrogens is 260 g/mol. The fraction of sp³-hybridized carbons (Fsp3) is 0.316. The highest BCUT2D eigenvalue weighted by molar-refractivity contribution is 6.12. The summed E-state index contributed by atoms with van der Waals surface area (Å²) >= 11 is 0. The number of carbonyl (C=O) groups is 1. The van der Waals surface area contributed by atoms with Crippen molar-refractivity contribution < 1.29 is 9.53 Å². The summed E-state index contributed by atoms with van der Waals surface area (Å²) in [5.74, 6) is 0.658. The van der Waals surface area contributed by atoms with Gasteiger partial charge in [-0.05, 0) is 74.6 Å². The van der Waals surface area contributed by atoms with Crippen LogP contribution >= 0.6 is 0 Å². The normalized spacial score (nSPS) is 10.6. The molecule has 2 aromatic carbocycles. The molecule has 2 rings (SSSR count). The Hall–Kier alpha value is -2.09. The van der Waals surface area contributed by atoms with Gasteiger partial charge in [-0.25, -0.2) is 0 Å². The number of hydrogen-bond acceptors (Lipinski definition) is 2. The van der Waals surface area contributed by atoms with E-state index in [-0.39, 0.29) is 5.78 Å². The van der Waals surface area contributed by atoms with Gasteiger partial charge in [0.2, 0.25) is 0 Å². The van der Waals surface area contributed by atoms with Gasteiger partial charge in [-0.3, -0.25) is 4.79 Å². The monoisotopic (exact) mass is 282 g/mol. The highest BCUT2D eigenvalue weighted by Crippen LogP contribution is 2.30. The van der Waals surface area contributed by atoms with Crippen LogP contribution in [0.1, 0.15) is 43.7 Å². The number of para-hydroxylation sites is 1. The molecule has 0 aliphatic carbocycles. The lowest BCUT2D eigenvalue weighted by Gasteiger charge is -2.18. The van der Waals surface area contributed by atoms with E-state index in [0.717, 1.165) is 16.7 Å². The largest absolute Gasteiger partial charge is 0.496 e. The molecule has 0 saturated carbocycles. The molecule has 0 aliphatic heterocycles. The van der Waals surface area contributed by atoms with Crippen molar-refractivity contribution in [2.24, 2.45) is 0 Å². The molecule has 21 heavy (non-hydrogen) atoms. The van der Waals surface area contributed by atoms with Crippen LogP contribution in [0.2, 0.25) is 0 Å². The summed E-state index contributed by atoms with van der Waals surface area (Å²) in [7, 11) is 1.59. The summed E-state index contributed by atoms with van der Waals surface area (Å²) in [6.07, 6.45) is 0. The van der Waals surface area contributed by atoms with E-state index < -0.39 is 0 Å². The van der Waals surface area contributed by atoms with Crippen molar-refractivity contribution in [1.82, 2.24) is 0 Å². The highest BCUT2D eigenvalue weighted by atomic mass is 16.5. The van der Waals surface area contributed by atoms with Crippen molar-refractivity contribution >= 4 is 5.78 Å². The first-order valence-electron chi connectivity index (χ1n) is 7.14. The van der Waals surface area contributed by atoms with Gasteiger partial charge >= 0.3 is 0 Å². The van der Waals surface area contributed by atoms with Crippen LogP contribution in [0.3, 0.4) is 0 Å². The van der Waals surface area contributed by atoms with Gasteiger partial charge in [-0.1, -0.05) is 12.1 Å². The molecule has 0 amide bonds. The van der Waals surface area contributed by atoms with E-state index >= 15 is 0 Å². The summed E-state index contributed by atoms with van der Waals surface area (Å²) in [5.41, 5.74) is 7.20. The first-order valence-corrected chi connectivity index (χ1v) is 7.14. The van der Waals surface area contributed by atoms with Gasteiger partial charge in [0.15, 0.2) is 5.78 Å².